The number of methoxy groups -OCH3 is 1. The first-order valence-electron chi connectivity index (χ1n) is 9.21. The minimum Gasteiger partial charge on any atom is -0.458 e. The fraction of sp³-hybridized carbons (Fsp3) is 0.571. The molecule has 0 saturated carbocycles. The Labute approximate surface area is 151 Å². The molecule has 0 saturated heterocycles. The molecule has 0 aromatic carbocycles. The number of hydrogen-bond donors (Lipinski definition) is 1. The van der Waals surface area contributed by atoms with Gasteiger partial charge >= 0.3 is 5.97 Å². The fourth-order valence-electron chi connectivity index (χ4n) is 2.51. The molecule has 0 radical (unpaired) electrons. The van der Waals surface area contributed by atoms with E-state index in [0.29, 0.717) is 19.3 Å². The maximum absolute atomic E-state index is 11.7. The number of rotatable bonds is 9. The van der Waals surface area contributed by atoms with Crippen molar-refractivity contribution in [1.29, 1.82) is 0 Å². The fourth-order valence-corrected chi connectivity index (χ4v) is 2.51. The van der Waals surface area contributed by atoms with Gasteiger partial charge in [-0.05, 0) is 38.2 Å². The second kappa shape index (κ2) is 13.6. The van der Waals surface area contributed by atoms with Crippen molar-refractivity contribution < 1.29 is 19.4 Å². The summed E-state index contributed by atoms with van der Waals surface area (Å²) in [6.45, 7) is 2.10. The predicted octanol–water partition coefficient (Wildman–Crippen LogP) is 4.26. The Morgan fingerprint density at radius 1 is 1.32 bits per heavy atom. The lowest BCUT2D eigenvalue weighted by Crippen LogP contribution is -2.26. The molecule has 0 aliphatic carbocycles. The molecular formula is C21H32O4. The normalized spacial score (nSPS) is 23.3. The molecular weight excluding hydrogens is 316 g/mol. The van der Waals surface area contributed by atoms with E-state index in [-0.39, 0.29) is 12.1 Å². The number of aliphatic hydroxyl groups is 1. The molecule has 140 valence electrons. The molecule has 0 fully saturated rings. The van der Waals surface area contributed by atoms with Crippen molar-refractivity contribution in [2.45, 2.75) is 70.2 Å². The highest BCUT2D eigenvalue weighted by Crippen LogP contribution is 2.13. The zero-order chi connectivity index (χ0) is 18.3. The van der Waals surface area contributed by atoms with Crippen LogP contribution in [0.3, 0.4) is 0 Å². The Morgan fingerprint density at radius 2 is 2.12 bits per heavy atom. The highest BCUT2D eigenvalue weighted by molar-refractivity contribution is 5.69. The average molecular weight is 348 g/mol. The van der Waals surface area contributed by atoms with Crippen molar-refractivity contribution in [1.82, 2.24) is 0 Å². The number of carbonyl (C=O) groups is 1. The van der Waals surface area contributed by atoms with Gasteiger partial charge in [-0.3, -0.25) is 4.79 Å². The van der Waals surface area contributed by atoms with Gasteiger partial charge in [0, 0.05) is 20.0 Å². The van der Waals surface area contributed by atoms with Gasteiger partial charge in [0.2, 0.25) is 0 Å². The van der Waals surface area contributed by atoms with E-state index in [4.69, 9.17) is 9.47 Å². The maximum atomic E-state index is 11.7. The number of aliphatic hydroxyl groups excluding tert-OH is 1. The van der Waals surface area contributed by atoms with Gasteiger partial charge in [-0.25, -0.2) is 0 Å². The Bertz CT molecular complexity index is 476. The molecule has 0 aromatic heterocycles. The molecule has 0 bridgehead atoms. The van der Waals surface area contributed by atoms with Crippen LogP contribution < -0.4 is 0 Å². The predicted molar refractivity (Wildman–Crippen MR) is 101 cm³/mol. The van der Waals surface area contributed by atoms with Gasteiger partial charge in [-0.15, -0.1) is 0 Å². The van der Waals surface area contributed by atoms with Gasteiger partial charge in [0.05, 0.1) is 6.10 Å². The molecule has 4 nitrogen and oxygen atoms in total. The van der Waals surface area contributed by atoms with Crippen molar-refractivity contribution >= 4 is 5.97 Å². The topological polar surface area (TPSA) is 55.8 Å². The smallest absolute Gasteiger partial charge is 0.306 e. The van der Waals surface area contributed by atoms with E-state index in [2.05, 4.69) is 25.2 Å². The first kappa shape index (κ1) is 21.4. The zero-order valence-corrected chi connectivity index (χ0v) is 15.5. The van der Waals surface area contributed by atoms with Crippen LogP contribution in [-0.4, -0.2) is 36.5 Å². The minimum absolute atomic E-state index is 0.170. The summed E-state index contributed by atoms with van der Waals surface area (Å²) in [5, 5.41) is 10.3. The van der Waals surface area contributed by atoms with E-state index in [0.717, 1.165) is 25.7 Å². The molecule has 1 N–H and O–H groups in total. The SMILES string of the molecule is CC/C=C\C/C=C\C[C@H](O)[C@H](/C=C/[C@@H]1C/C=C\CCCC(=O)O1)OC. The number of allylic oxidation sites excluding steroid dienone is 4. The number of esters is 1. The first-order chi connectivity index (χ1) is 12.2. The first-order valence-corrected chi connectivity index (χ1v) is 9.21. The third-order valence-electron chi connectivity index (χ3n) is 3.96. The van der Waals surface area contributed by atoms with Crippen LogP contribution in [0.2, 0.25) is 0 Å². The zero-order valence-electron chi connectivity index (χ0n) is 15.5. The largest absolute Gasteiger partial charge is 0.458 e. The van der Waals surface area contributed by atoms with Gasteiger partial charge in [0.15, 0.2) is 0 Å². The van der Waals surface area contributed by atoms with Crippen molar-refractivity contribution in [3.8, 4) is 0 Å². The van der Waals surface area contributed by atoms with Gasteiger partial charge in [-0.1, -0.05) is 49.5 Å². The number of hydrogen-bond acceptors (Lipinski definition) is 4. The maximum Gasteiger partial charge on any atom is 0.306 e. The molecule has 1 aliphatic rings. The highest BCUT2D eigenvalue weighted by Gasteiger charge is 2.16. The Hall–Kier alpha value is -1.65. The van der Waals surface area contributed by atoms with Crippen molar-refractivity contribution in [2.24, 2.45) is 0 Å². The van der Waals surface area contributed by atoms with Crippen LogP contribution in [0.5, 0.6) is 0 Å². The van der Waals surface area contributed by atoms with E-state index >= 15 is 0 Å². The van der Waals surface area contributed by atoms with E-state index < -0.39 is 12.2 Å². The van der Waals surface area contributed by atoms with Gasteiger partial charge in [0.25, 0.3) is 0 Å². The van der Waals surface area contributed by atoms with E-state index in [1.165, 1.54) is 0 Å². The molecule has 0 spiro atoms. The van der Waals surface area contributed by atoms with Crippen LogP contribution in [-0.2, 0) is 14.3 Å². The standard InChI is InChI=1S/C21H32O4/c1-3-4-5-6-7-11-14-19(22)20(24-2)17-16-18-13-10-8-9-12-15-21(23)25-18/h4-5,7-8,10-11,16-20,22H,3,6,9,12-15H2,1-2H3/b5-4-,10-8-,11-7-,17-16+/t18-,19-,20-/m0/s1. The molecule has 4 heteroatoms. The monoisotopic (exact) mass is 348 g/mol. The van der Waals surface area contributed by atoms with Gasteiger partial charge in [0.1, 0.15) is 12.2 Å². The molecule has 1 rings (SSSR count). The lowest BCUT2D eigenvalue weighted by Gasteiger charge is -2.18. The summed E-state index contributed by atoms with van der Waals surface area (Å²) >= 11 is 0. The summed E-state index contributed by atoms with van der Waals surface area (Å²) in [7, 11) is 1.57. The number of carbonyl (C=O) groups excluding carboxylic acids is 1. The van der Waals surface area contributed by atoms with Gasteiger partial charge in [-0.2, -0.15) is 0 Å². The summed E-state index contributed by atoms with van der Waals surface area (Å²) in [5.41, 5.74) is 0. The molecule has 25 heavy (non-hydrogen) atoms. The Kier molecular flexibility index (Phi) is 11.7. The lowest BCUT2D eigenvalue weighted by molar-refractivity contribution is -0.146. The molecule has 0 unspecified atom stereocenters. The third kappa shape index (κ3) is 10.0. The molecule has 3 atom stereocenters. The van der Waals surface area contributed by atoms with E-state index in [9.17, 15) is 9.90 Å². The van der Waals surface area contributed by atoms with Gasteiger partial charge < -0.3 is 14.6 Å². The third-order valence-corrected chi connectivity index (χ3v) is 3.96. The second-order valence-corrected chi connectivity index (χ2v) is 6.10. The molecule has 1 heterocycles. The van der Waals surface area contributed by atoms with E-state index in [1.54, 1.807) is 13.2 Å². The van der Waals surface area contributed by atoms with Crippen molar-refractivity contribution in [2.75, 3.05) is 7.11 Å². The minimum atomic E-state index is -0.629. The van der Waals surface area contributed by atoms with Crippen LogP contribution in [0.1, 0.15) is 51.9 Å². The molecule has 0 amide bonds. The van der Waals surface area contributed by atoms with Crippen molar-refractivity contribution in [3.63, 3.8) is 0 Å². The average Bonchev–Trinajstić information content (AvgIpc) is 2.70. The number of ether oxygens (including phenoxy) is 2. The Morgan fingerprint density at radius 3 is 2.88 bits per heavy atom. The van der Waals surface area contributed by atoms with Crippen LogP contribution in [0.4, 0.5) is 0 Å². The molecule has 0 aromatic rings. The second-order valence-electron chi connectivity index (χ2n) is 6.10. The van der Waals surface area contributed by atoms with Crippen molar-refractivity contribution in [3.05, 3.63) is 48.6 Å². The lowest BCUT2D eigenvalue weighted by atomic mass is 10.1. The summed E-state index contributed by atoms with van der Waals surface area (Å²) < 4.78 is 10.8. The number of cyclic esters (lactones) is 1. The summed E-state index contributed by atoms with van der Waals surface area (Å²) in [6.07, 6.45) is 19.9. The highest BCUT2D eigenvalue weighted by atomic mass is 16.5. The Balaban J connectivity index is 2.51. The van der Waals surface area contributed by atoms with Crippen LogP contribution in [0.15, 0.2) is 48.6 Å². The summed E-state index contributed by atoms with van der Waals surface area (Å²) in [4.78, 5) is 11.7. The molecule has 1 aliphatic heterocycles. The van der Waals surface area contributed by atoms with Crippen LogP contribution in [0.25, 0.3) is 0 Å². The van der Waals surface area contributed by atoms with E-state index in [1.807, 2.05) is 24.3 Å². The quantitative estimate of drug-likeness (QED) is 0.499. The summed E-state index contributed by atoms with van der Waals surface area (Å²) in [5.74, 6) is -0.170. The van der Waals surface area contributed by atoms with Crippen LogP contribution in [0, 0.1) is 0 Å². The summed E-state index contributed by atoms with van der Waals surface area (Å²) in [6, 6.07) is 0. The van der Waals surface area contributed by atoms with Crippen LogP contribution >= 0.6 is 0 Å².